The molecule has 0 amide bonds. The molecule has 0 N–H and O–H groups in total. The number of hydrogen-bond donors (Lipinski definition) is 0. The molecular weight excluding hydrogens is 159 g/mol. The standard InChI is InChI=1S/C7H4As/c1-2-6-4-5-8-7(6)3-1/h1-4H. The third-order valence-corrected chi connectivity index (χ3v) is 3.13. The van der Waals surface area contributed by atoms with E-state index in [0.717, 1.165) is 0 Å². The quantitative estimate of drug-likeness (QED) is 0.461. The zero-order chi connectivity index (χ0) is 5.40. The van der Waals surface area contributed by atoms with E-state index in [1.165, 1.54) is 9.88 Å². The van der Waals surface area contributed by atoms with Gasteiger partial charge in [0.05, 0.1) is 0 Å². The summed E-state index contributed by atoms with van der Waals surface area (Å²) in [5.41, 5.74) is 1.39. The summed E-state index contributed by atoms with van der Waals surface area (Å²) in [5, 5.41) is 0. The molecular formula is C7H4As. The molecule has 37 valence electrons. The molecule has 2 aliphatic rings. The van der Waals surface area contributed by atoms with Gasteiger partial charge in [0.1, 0.15) is 0 Å². The topological polar surface area (TPSA) is 0 Å². The van der Waals surface area contributed by atoms with E-state index in [0.29, 0.717) is 0 Å². The van der Waals surface area contributed by atoms with Crippen molar-refractivity contribution in [2.24, 2.45) is 0 Å². The minimum atomic E-state index is 0.282. The first-order chi connectivity index (χ1) is 3.97. The van der Waals surface area contributed by atoms with Crippen molar-refractivity contribution in [3.05, 3.63) is 34.7 Å². The average Bonchev–Trinajstić information content (AvgIpc) is 2.15. The van der Waals surface area contributed by atoms with Crippen LogP contribution in [0.3, 0.4) is 0 Å². The Kier molecular flexibility index (Phi) is 0.883. The molecule has 0 unspecified atom stereocenters. The maximum absolute atomic E-state index is 3.24. The Hall–Kier alpha value is -0.352. The minimum absolute atomic E-state index is 0.282. The summed E-state index contributed by atoms with van der Waals surface area (Å²) >= 11 is 0.282. The van der Waals surface area contributed by atoms with Gasteiger partial charge in [-0.3, -0.25) is 0 Å². The molecule has 0 aromatic carbocycles. The van der Waals surface area contributed by atoms with Crippen LogP contribution < -0.4 is 0 Å². The van der Waals surface area contributed by atoms with Gasteiger partial charge in [0.25, 0.3) is 0 Å². The molecule has 0 saturated heterocycles. The summed E-state index contributed by atoms with van der Waals surface area (Å²) < 4.78 is 1.52. The molecule has 0 nitrogen and oxygen atoms in total. The predicted octanol–water partition coefficient (Wildman–Crippen LogP) is 0.690. The fraction of sp³-hybridized carbons (Fsp3) is 0. The molecule has 0 aromatic heterocycles. The third-order valence-electron chi connectivity index (χ3n) is 1.23. The van der Waals surface area contributed by atoms with Gasteiger partial charge in [-0.15, -0.1) is 0 Å². The van der Waals surface area contributed by atoms with Crippen LogP contribution in [-0.4, -0.2) is 19.6 Å². The second-order valence-electron chi connectivity index (χ2n) is 1.75. The van der Waals surface area contributed by atoms with E-state index in [4.69, 9.17) is 0 Å². The molecule has 0 bridgehead atoms. The number of allylic oxidation sites excluding steroid dienone is 5. The Labute approximate surface area is 54.8 Å². The summed E-state index contributed by atoms with van der Waals surface area (Å²) in [6.45, 7) is 0. The van der Waals surface area contributed by atoms with Crippen LogP contribution in [0.25, 0.3) is 0 Å². The van der Waals surface area contributed by atoms with Gasteiger partial charge in [0, 0.05) is 0 Å². The molecule has 1 aliphatic heterocycles. The van der Waals surface area contributed by atoms with E-state index in [2.05, 4.69) is 29.2 Å². The molecule has 0 spiro atoms. The molecule has 2 rings (SSSR count). The van der Waals surface area contributed by atoms with Gasteiger partial charge in [-0.1, -0.05) is 0 Å². The van der Waals surface area contributed by atoms with E-state index in [1.807, 2.05) is 0 Å². The first-order valence-corrected chi connectivity index (χ1v) is 4.40. The Morgan fingerprint density at radius 2 is 2.50 bits per heavy atom. The zero-order valence-electron chi connectivity index (χ0n) is 4.26. The molecule has 0 aromatic rings. The van der Waals surface area contributed by atoms with Gasteiger partial charge in [0.15, 0.2) is 0 Å². The van der Waals surface area contributed by atoms with Crippen molar-refractivity contribution in [1.29, 1.82) is 0 Å². The van der Waals surface area contributed by atoms with Crippen LogP contribution in [0.5, 0.6) is 0 Å². The van der Waals surface area contributed by atoms with Crippen LogP contribution in [0.2, 0.25) is 0 Å². The van der Waals surface area contributed by atoms with Crippen molar-refractivity contribution >= 4 is 19.6 Å². The zero-order valence-corrected chi connectivity index (χ0v) is 6.13. The van der Waals surface area contributed by atoms with E-state index in [9.17, 15) is 0 Å². The normalized spacial score (nSPS) is 23.0. The molecule has 0 saturated carbocycles. The SMILES string of the molecule is [C]1=CC2=CC=CC2=[As]1. The van der Waals surface area contributed by atoms with Crippen molar-refractivity contribution in [3.8, 4) is 0 Å². The van der Waals surface area contributed by atoms with Crippen LogP contribution in [0.15, 0.2) is 29.9 Å². The number of hydrogen-bond acceptors (Lipinski definition) is 0. The third kappa shape index (κ3) is 0.498. The van der Waals surface area contributed by atoms with Crippen molar-refractivity contribution in [3.63, 3.8) is 0 Å². The second kappa shape index (κ2) is 1.56. The average molecular weight is 163 g/mol. The second-order valence-corrected chi connectivity index (χ2v) is 3.77. The van der Waals surface area contributed by atoms with Crippen LogP contribution in [0.1, 0.15) is 0 Å². The molecule has 1 aliphatic carbocycles. The van der Waals surface area contributed by atoms with Gasteiger partial charge in [-0.25, -0.2) is 0 Å². The van der Waals surface area contributed by atoms with E-state index >= 15 is 0 Å². The van der Waals surface area contributed by atoms with Gasteiger partial charge < -0.3 is 0 Å². The van der Waals surface area contributed by atoms with Gasteiger partial charge in [0.2, 0.25) is 0 Å². The number of fused-ring (bicyclic) bond motifs is 1. The first-order valence-electron chi connectivity index (χ1n) is 2.52. The van der Waals surface area contributed by atoms with Crippen LogP contribution in [0, 0.1) is 4.86 Å². The summed E-state index contributed by atoms with van der Waals surface area (Å²) in [4.78, 5) is 3.24. The van der Waals surface area contributed by atoms with Gasteiger partial charge >= 0.3 is 54.4 Å². The molecule has 8 heavy (non-hydrogen) atoms. The molecule has 1 heterocycles. The summed E-state index contributed by atoms with van der Waals surface area (Å²) in [5.74, 6) is 0. The van der Waals surface area contributed by atoms with Crippen molar-refractivity contribution < 1.29 is 0 Å². The summed E-state index contributed by atoms with van der Waals surface area (Å²) in [6, 6.07) is 0. The Balaban J connectivity index is 2.59. The first kappa shape index (κ1) is 4.52. The van der Waals surface area contributed by atoms with Crippen molar-refractivity contribution in [2.45, 2.75) is 0 Å². The Morgan fingerprint density at radius 1 is 1.50 bits per heavy atom. The van der Waals surface area contributed by atoms with Crippen molar-refractivity contribution in [1.82, 2.24) is 0 Å². The fourth-order valence-electron chi connectivity index (χ4n) is 0.820. The molecule has 0 atom stereocenters. The van der Waals surface area contributed by atoms with E-state index in [-0.39, 0.29) is 15.3 Å². The molecule has 0 fully saturated rings. The van der Waals surface area contributed by atoms with E-state index in [1.54, 1.807) is 0 Å². The number of rotatable bonds is 0. The Morgan fingerprint density at radius 3 is 3.38 bits per heavy atom. The fourth-order valence-corrected chi connectivity index (χ4v) is 2.44. The van der Waals surface area contributed by atoms with Crippen molar-refractivity contribution in [2.75, 3.05) is 0 Å². The molecule has 1 radical (unpaired) electrons. The Bertz CT molecular complexity index is 203. The predicted molar refractivity (Wildman–Crippen MR) is 35.8 cm³/mol. The van der Waals surface area contributed by atoms with Crippen LogP contribution in [-0.2, 0) is 0 Å². The van der Waals surface area contributed by atoms with Gasteiger partial charge in [-0.05, 0) is 0 Å². The van der Waals surface area contributed by atoms with E-state index < -0.39 is 0 Å². The van der Waals surface area contributed by atoms with Crippen LogP contribution >= 0.6 is 0 Å². The maximum atomic E-state index is 3.24. The summed E-state index contributed by atoms with van der Waals surface area (Å²) in [7, 11) is 0. The molecule has 1 heteroatoms. The van der Waals surface area contributed by atoms with Crippen LogP contribution in [0.4, 0.5) is 0 Å². The monoisotopic (exact) mass is 163 g/mol. The van der Waals surface area contributed by atoms with Gasteiger partial charge in [-0.2, -0.15) is 0 Å². The summed E-state index contributed by atoms with van der Waals surface area (Å²) in [6.07, 6.45) is 8.53.